The molecule has 0 fully saturated rings. The molecule has 0 unspecified atom stereocenters. The van der Waals surface area contributed by atoms with Crippen molar-refractivity contribution < 1.29 is 4.74 Å². The summed E-state index contributed by atoms with van der Waals surface area (Å²) in [5, 5.41) is 0. The molecule has 1 aliphatic rings. The zero-order chi connectivity index (χ0) is 6.81. The molecular formula is C9H11NaO. The molecule has 0 amide bonds. The van der Waals surface area contributed by atoms with Crippen LogP contribution in [0.3, 0.4) is 0 Å². The van der Waals surface area contributed by atoms with Crippen molar-refractivity contribution in [1.29, 1.82) is 0 Å². The van der Waals surface area contributed by atoms with Crippen LogP contribution in [0.1, 0.15) is 11.1 Å². The molecule has 0 spiro atoms. The van der Waals surface area contributed by atoms with Gasteiger partial charge in [0.05, 0.1) is 13.2 Å². The standard InChI is InChI=1S/C9H10O.Na.H/c1-2-4-9-7-10-6-5-8(9)3-1;;/h1-4H,5-7H2;;. The van der Waals surface area contributed by atoms with Crippen LogP contribution in [-0.4, -0.2) is 36.2 Å². The van der Waals surface area contributed by atoms with Crippen LogP contribution in [0.2, 0.25) is 0 Å². The maximum atomic E-state index is 5.30. The van der Waals surface area contributed by atoms with Gasteiger partial charge in [0.2, 0.25) is 0 Å². The first-order valence-corrected chi connectivity index (χ1v) is 3.61. The first-order chi connectivity index (χ1) is 4.97. The van der Waals surface area contributed by atoms with E-state index in [0.29, 0.717) is 0 Å². The summed E-state index contributed by atoms with van der Waals surface area (Å²) in [5.74, 6) is 0. The third-order valence-corrected chi connectivity index (χ3v) is 1.89. The molecule has 1 aromatic carbocycles. The number of hydrogen-bond donors (Lipinski definition) is 0. The Kier molecular flexibility index (Phi) is 3.60. The molecule has 1 nitrogen and oxygen atoms in total. The van der Waals surface area contributed by atoms with Crippen molar-refractivity contribution in [2.24, 2.45) is 0 Å². The van der Waals surface area contributed by atoms with Crippen LogP contribution < -0.4 is 0 Å². The van der Waals surface area contributed by atoms with E-state index in [0.717, 1.165) is 19.6 Å². The van der Waals surface area contributed by atoms with Gasteiger partial charge in [-0.1, -0.05) is 24.3 Å². The molecule has 54 valence electrons. The zero-order valence-corrected chi connectivity index (χ0v) is 5.84. The van der Waals surface area contributed by atoms with E-state index in [1.54, 1.807) is 0 Å². The van der Waals surface area contributed by atoms with Crippen molar-refractivity contribution in [1.82, 2.24) is 0 Å². The normalized spacial score (nSPS) is 14.9. The van der Waals surface area contributed by atoms with Crippen molar-refractivity contribution in [3.8, 4) is 0 Å². The maximum Gasteiger partial charge on any atom is 0.0719 e. The van der Waals surface area contributed by atoms with Gasteiger partial charge in [0, 0.05) is 0 Å². The van der Waals surface area contributed by atoms with Crippen molar-refractivity contribution in [3.63, 3.8) is 0 Å². The average Bonchev–Trinajstić information content (AvgIpc) is 2.05. The number of ether oxygens (including phenoxy) is 1. The predicted octanol–water partition coefficient (Wildman–Crippen LogP) is 1.11. The fourth-order valence-electron chi connectivity index (χ4n) is 1.31. The first-order valence-electron chi connectivity index (χ1n) is 3.61. The number of rotatable bonds is 0. The molecule has 11 heavy (non-hydrogen) atoms. The molecular weight excluding hydrogens is 147 g/mol. The van der Waals surface area contributed by atoms with Crippen molar-refractivity contribution in [3.05, 3.63) is 35.4 Å². The molecule has 0 bridgehead atoms. The van der Waals surface area contributed by atoms with Gasteiger partial charge in [0.25, 0.3) is 0 Å². The van der Waals surface area contributed by atoms with Gasteiger partial charge < -0.3 is 4.74 Å². The molecule has 0 N–H and O–H groups in total. The molecule has 1 aromatic rings. The molecule has 1 aliphatic heterocycles. The summed E-state index contributed by atoms with van der Waals surface area (Å²) in [4.78, 5) is 0. The van der Waals surface area contributed by atoms with Crippen LogP contribution in [0.5, 0.6) is 0 Å². The summed E-state index contributed by atoms with van der Waals surface area (Å²) >= 11 is 0. The minimum absolute atomic E-state index is 0. The molecule has 0 saturated heterocycles. The Labute approximate surface area is 89.0 Å². The Bertz CT molecular complexity index is 210. The van der Waals surface area contributed by atoms with Gasteiger partial charge in [0.15, 0.2) is 0 Å². The van der Waals surface area contributed by atoms with Gasteiger partial charge >= 0.3 is 29.6 Å². The largest absolute Gasteiger partial charge is 0.376 e. The van der Waals surface area contributed by atoms with E-state index >= 15 is 0 Å². The second-order valence-corrected chi connectivity index (χ2v) is 2.57. The molecule has 0 aromatic heterocycles. The number of benzene rings is 1. The van der Waals surface area contributed by atoms with Gasteiger partial charge in [-0.2, -0.15) is 0 Å². The van der Waals surface area contributed by atoms with Crippen LogP contribution in [0.15, 0.2) is 24.3 Å². The Morgan fingerprint density at radius 3 is 2.55 bits per heavy atom. The Hall–Kier alpha value is 0.180. The fourth-order valence-corrected chi connectivity index (χ4v) is 1.31. The van der Waals surface area contributed by atoms with Gasteiger partial charge in [-0.3, -0.25) is 0 Å². The molecule has 0 aliphatic carbocycles. The molecule has 0 saturated carbocycles. The van der Waals surface area contributed by atoms with Crippen molar-refractivity contribution in [2.45, 2.75) is 13.0 Å². The van der Waals surface area contributed by atoms with Gasteiger partial charge in [-0.15, -0.1) is 0 Å². The van der Waals surface area contributed by atoms with Crippen LogP contribution in [0, 0.1) is 0 Å². The van der Waals surface area contributed by atoms with E-state index in [1.807, 2.05) is 0 Å². The SMILES string of the molecule is [NaH].c1ccc2c(c1)CCOC2. The number of hydrogen-bond acceptors (Lipinski definition) is 1. The second-order valence-electron chi connectivity index (χ2n) is 2.57. The predicted molar refractivity (Wildman–Crippen MR) is 47.0 cm³/mol. The molecule has 0 radical (unpaired) electrons. The third-order valence-electron chi connectivity index (χ3n) is 1.89. The first kappa shape index (κ1) is 9.27. The average molecular weight is 158 g/mol. The summed E-state index contributed by atoms with van der Waals surface area (Å²) in [5.41, 5.74) is 2.81. The quantitative estimate of drug-likeness (QED) is 0.514. The molecule has 0 atom stereocenters. The smallest absolute Gasteiger partial charge is 0.0719 e. The monoisotopic (exact) mass is 158 g/mol. The minimum Gasteiger partial charge on any atom is -0.376 e. The van der Waals surface area contributed by atoms with Crippen molar-refractivity contribution >= 4 is 29.6 Å². The number of fused-ring (bicyclic) bond motifs is 1. The Morgan fingerprint density at radius 2 is 1.82 bits per heavy atom. The minimum atomic E-state index is 0. The van der Waals surface area contributed by atoms with E-state index in [-0.39, 0.29) is 29.6 Å². The summed E-state index contributed by atoms with van der Waals surface area (Å²) in [6, 6.07) is 8.46. The molecule has 1 heterocycles. The van der Waals surface area contributed by atoms with Gasteiger partial charge in [-0.05, 0) is 17.5 Å². The van der Waals surface area contributed by atoms with Crippen LogP contribution in [0.4, 0.5) is 0 Å². The fraction of sp³-hybridized carbons (Fsp3) is 0.333. The summed E-state index contributed by atoms with van der Waals surface area (Å²) < 4.78 is 5.30. The van der Waals surface area contributed by atoms with Crippen molar-refractivity contribution in [2.75, 3.05) is 6.61 Å². The third kappa shape index (κ3) is 2.06. The zero-order valence-electron chi connectivity index (χ0n) is 5.84. The second kappa shape index (κ2) is 4.27. The van der Waals surface area contributed by atoms with E-state index in [9.17, 15) is 0 Å². The Balaban J connectivity index is 0.000000605. The van der Waals surface area contributed by atoms with Crippen LogP contribution in [-0.2, 0) is 17.8 Å². The Morgan fingerprint density at radius 1 is 1.09 bits per heavy atom. The topological polar surface area (TPSA) is 9.23 Å². The van der Waals surface area contributed by atoms with E-state index in [1.165, 1.54) is 11.1 Å². The van der Waals surface area contributed by atoms with Crippen LogP contribution in [0.25, 0.3) is 0 Å². The summed E-state index contributed by atoms with van der Waals surface area (Å²) in [6.07, 6.45) is 1.08. The molecule has 2 heteroatoms. The van der Waals surface area contributed by atoms with E-state index in [2.05, 4.69) is 24.3 Å². The van der Waals surface area contributed by atoms with E-state index < -0.39 is 0 Å². The van der Waals surface area contributed by atoms with Crippen LogP contribution >= 0.6 is 0 Å². The van der Waals surface area contributed by atoms with Gasteiger partial charge in [0.1, 0.15) is 0 Å². The van der Waals surface area contributed by atoms with Gasteiger partial charge in [-0.25, -0.2) is 0 Å². The molecule has 2 rings (SSSR count). The summed E-state index contributed by atoms with van der Waals surface area (Å²) in [6.45, 7) is 1.69. The van der Waals surface area contributed by atoms with E-state index in [4.69, 9.17) is 4.74 Å². The maximum absolute atomic E-state index is 5.30. The summed E-state index contributed by atoms with van der Waals surface area (Å²) in [7, 11) is 0.